The zero-order valence-corrected chi connectivity index (χ0v) is 13.8. The van der Waals surface area contributed by atoms with Crippen LogP contribution < -0.4 is 15.5 Å². The average Bonchev–Trinajstić information content (AvgIpc) is 2.47. The second-order valence-electron chi connectivity index (χ2n) is 5.89. The van der Waals surface area contributed by atoms with E-state index in [0.717, 1.165) is 43.7 Å². The van der Waals surface area contributed by atoms with Gasteiger partial charge in [-0.3, -0.25) is 4.79 Å². The minimum atomic E-state index is -0.267. The summed E-state index contributed by atoms with van der Waals surface area (Å²) in [4.78, 5) is 14.8. The SMILES string of the molecule is CCC1(C(=O)Nc2cc(Cl)ccc2N(C)C)CCNCC1. The van der Waals surface area contributed by atoms with Gasteiger partial charge in [0.2, 0.25) is 5.91 Å². The lowest BCUT2D eigenvalue weighted by Gasteiger charge is -2.35. The van der Waals surface area contributed by atoms with Crippen molar-refractivity contribution >= 4 is 28.9 Å². The van der Waals surface area contributed by atoms with E-state index in [4.69, 9.17) is 11.6 Å². The molecule has 4 nitrogen and oxygen atoms in total. The summed E-state index contributed by atoms with van der Waals surface area (Å²) in [6, 6.07) is 5.59. The number of halogens is 1. The van der Waals surface area contributed by atoms with Crippen LogP contribution in [-0.2, 0) is 4.79 Å². The summed E-state index contributed by atoms with van der Waals surface area (Å²) in [5, 5.41) is 7.05. The molecule has 1 amide bonds. The van der Waals surface area contributed by atoms with Crippen molar-refractivity contribution in [2.45, 2.75) is 26.2 Å². The third-order valence-corrected chi connectivity index (χ3v) is 4.64. The van der Waals surface area contributed by atoms with Crippen LogP contribution in [0.25, 0.3) is 0 Å². The molecule has 0 unspecified atom stereocenters. The Morgan fingerprint density at radius 2 is 2.05 bits per heavy atom. The van der Waals surface area contributed by atoms with E-state index in [0.29, 0.717) is 5.02 Å². The van der Waals surface area contributed by atoms with Crippen molar-refractivity contribution in [2.24, 2.45) is 5.41 Å². The van der Waals surface area contributed by atoms with Crippen molar-refractivity contribution in [3.63, 3.8) is 0 Å². The van der Waals surface area contributed by atoms with Crippen LogP contribution in [-0.4, -0.2) is 33.1 Å². The highest BCUT2D eigenvalue weighted by atomic mass is 35.5. The molecule has 2 N–H and O–H groups in total. The van der Waals surface area contributed by atoms with Crippen molar-refractivity contribution in [1.82, 2.24) is 5.32 Å². The second kappa shape index (κ2) is 6.67. The minimum Gasteiger partial charge on any atom is -0.376 e. The van der Waals surface area contributed by atoms with Crippen molar-refractivity contribution in [3.8, 4) is 0 Å². The summed E-state index contributed by atoms with van der Waals surface area (Å²) < 4.78 is 0. The summed E-state index contributed by atoms with van der Waals surface area (Å²) in [6.45, 7) is 3.89. The number of nitrogens with zero attached hydrogens (tertiary/aromatic N) is 1. The van der Waals surface area contributed by atoms with Crippen molar-refractivity contribution in [1.29, 1.82) is 0 Å². The molecule has 1 aromatic carbocycles. The van der Waals surface area contributed by atoms with Gasteiger partial charge in [0.15, 0.2) is 0 Å². The molecule has 21 heavy (non-hydrogen) atoms. The van der Waals surface area contributed by atoms with Crippen molar-refractivity contribution < 1.29 is 4.79 Å². The second-order valence-corrected chi connectivity index (χ2v) is 6.33. The Bertz CT molecular complexity index is 510. The van der Waals surface area contributed by atoms with Crippen LogP contribution in [0.15, 0.2) is 18.2 Å². The summed E-state index contributed by atoms with van der Waals surface area (Å²) in [7, 11) is 3.91. The Morgan fingerprint density at radius 3 is 2.62 bits per heavy atom. The van der Waals surface area contributed by atoms with Gasteiger partial charge in [-0.2, -0.15) is 0 Å². The van der Waals surface area contributed by atoms with E-state index in [1.807, 2.05) is 37.2 Å². The first-order valence-electron chi connectivity index (χ1n) is 7.47. The normalized spacial score (nSPS) is 17.3. The van der Waals surface area contributed by atoms with Gasteiger partial charge in [0.05, 0.1) is 16.8 Å². The van der Waals surface area contributed by atoms with Gasteiger partial charge in [-0.1, -0.05) is 18.5 Å². The maximum absolute atomic E-state index is 12.8. The molecule has 1 fully saturated rings. The molecule has 1 saturated heterocycles. The largest absolute Gasteiger partial charge is 0.376 e. The molecular weight excluding hydrogens is 286 g/mol. The van der Waals surface area contributed by atoms with Crippen LogP contribution >= 0.6 is 11.6 Å². The first-order chi connectivity index (χ1) is 9.98. The van der Waals surface area contributed by atoms with Crippen LogP contribution in [0.3, 0.4) is 0 Å². The van der Waals surface area contributed by atoms with Gasteiger partial charge in [0.1, 0.15) is 0 Å². The number of anilines is 2. The van der Waals surface area contributed by atoms with Gasteiger partial charge in [-0.15, -0.1) is 0 Å². The highest BCUT2D eigenvalue weighted by Crippen LogP contribution is 2.36. The van der Waals surface area contributed by atoms with Crippen molar-refractivity contribution in [2.75, 3.05) is 37.4 Å². The molecule has 1 aliphatic heterocycles. The molecule has 0 atom stereocenters. The monoisotopic (exact) mass is 309 g/mol. The maximum Gasteiger partial charge on any atom is 0.230 e. The topological polar surface area (TPSA) is 44.4 Å². The van der Waals surface area contributed by atoms with Crippen LogP contribution in [0.1, 0.15) is 26.2 Å². The predicted molar refractivity (Wildman–Crippen MR) is 89.2 cm³/mol. The fraction of sp³-hybridized carbons (Fsp3) is 0.562. The highest BCUT2D eigenvalue weighted by molar-refractivity contribution is 6.31. The first kappa shape index (κ1) is 16.1. The molecule has 1 aliphatic rings. The zero-order chi connectivity index (χ0) is 15.5. The third-order valence-electron chi connectivity index (χ3n) is 4.41. The predicted octanol–water partition coefficient (Wildman–Crippen LogP) is 3.12. The minimum absolute atomic E-state index is 0.108. The van der Waals surface area contributed by atoms with Gasteiger partial charge in [0, 0.05) is 19.1 Å². The smallest absolute Gasteiger partial charge is 0.230 e. The van der Waals surface area contributed by atoms with E-state index in [2.05, 4.69) is 17.6 Å². The fourth-order valence-corrected chi connectivity index (χ4v) is 3.07. The number of benzene rings is 1. The number of carbonyl (C=O) groups is 1. The van der Waals surface area contributed by atoms with E-state index in [1.165, 1.54) is 0 Å². The Kier molecular flexibility index (Phi) is 5.12. The number of carbonyl (C=O) groups excluding carboxylic acids is 1. The summed E-state index contributed by atoms with van der Waals surface area (Å²) >= 11 is 6.08. The molecule has 5 heteroatoms. The first-order valence-corrected chi connectivity index (χ1v) is 7.85. The van der Waals surface area contributed by atoms with E-state index < -0.39 is 0 Å². The molecule has 0 radical (unpaired) electrons. The molecule has 0 bridgehead atoms. The summed E-state index contributed by atoms with van der Waals surface area (Å²) in [6.07, 6.45) is 2.62. The van der Waals surface area contributed by atoms with E-state index in [9.17, 15) is 4.79 Å². The molecule has 1 aromatic rings. The Morgan fingerprint density at radius 1 is 1.38 bits per heavy atom. The van der Waals surface area contributed by atoms with Gasteiger partial charge in [0.25, 0.3) is 0 Å². The van der Waals surface area contributed by atoms with Gasteiger partial charge >= 0.3 is 0 Å². The molecule has 0 aliphatic carbocycles. The standard InChI is InChI=1S/C16H24ClN3O/c1-4-16(7-9-18-10-8-16)15(21)19-13-11-12(17)5-6-14(13)20(2)3/h5-6,11,18H,4,7-10H2,1-3H3,(H,19,21). The van der Waals surface area contributed by atoms with E-state index in [1.54, 1.807) is 0 Å². The molecule has 0 saturated carbocycles. The summed E-state index contributed by atoms with van der Waals surface area (Å²) in [5.41, 5.74) is 1.48. The lowest BCUT2D eigenvalue weighted by Crippen LogP contribution is -2.44. The van der Waals surface area contributed by atoms with Crippen LogP contribution in [0.4, 0.5) is 11.4 Å². The van der Waals surface area contributed by atoms with Crippen LogP contribution in [0.5, 0.6) is 0 Å². The number of rotatable bonds is 4. The van der Waals surface area contributed by atoms with Gasteiger partial charge in [-0.05, 0) is 50.6 Å². The number of hydrogen-bond acceptors (Lipinski definition) is 3. The van der Waals surface area contributed by atoms with Crippen molar-refractivity contribution in [3.05, 3.63) is 23.2 Å². The zero-order valence-electron chi connectivity index (χ0n) is 13.0. The Hall–Kier alpha value is -1.26. The number of hydrogen-bond donors (Lipinski definition) is 2. The lowest BCUT2D eigenvalue weighted by atomic mass is 9.76. The average molecular weight is 310 g/mol. The molecule has 2 rings (SSSR count). The quantitative estimate of drug-likeness (QED) is 0.898. The third kappa shape index (κ3) is 3.50. The lowest BCUT2D eigenvalue weighted by molar-refractivity contribution is -0.127. The van der Waals surface area contributed by atoms with E-state index >= 15 is 0 Å². The molecule has 116 valence electrons. The molecule has 1 heterocycles. The van der Waals surface area contributed by atoms with Gasteiger partial charge in [-0.25, -0.2) is 0 Å². The van der Waals surface area contributed by atoms with Crippen LogP contribution in [0.2, 0.25) is 5.02 Å². The fourth-order valence-electron chi connectivity index (χ4n) is 2.90. The highest BCUT2D eigenvalue weighted by Gasteiger charge is 2.37. The Labute approximate surface area is 131 Å². The van der Waals surface area contributed by atoms with E-state index in [-0.39, 0.29) is 11.3 Å². The van der Waals surface area contributed by atoms with Gasteiger partial charge < -0.3 is 15.5 Å². The Balaban J connectivity index is 2.24. The molecular formula is C16H24ClN3O. The molecule has 0 aromatic heterocycles. The number of piperidine rings is 1. The number of amides is 1. The van der Waals surface area contributed by atoms with Crippen LogP contribution in [0, 0.1) is 5.41 Å². The number of nitrogens with one attached hydrogen (secondary N) is 2. The summed E-state index contributed by atoms with van der Waals surface area (Å²) in [5.74, 6) is 0.108. The molecule has 0 spiro atoms. The maximum atomic E-state index is 12.8.